The molecule has 0 fully saturated rings. The Morgan fingerprint density at radius 1 is 1.37 bits per heavy atom. The van der Waals surface area contributed by atoms with Gasteiger partial charge in [0, 0.05) is 6.07 Å². The Bertz CT molecular complexity index is 715. The van der Waals surface area contributed by atoms with E-state index in [1.807, 2.05) is 0 Å². The number of halogens is 1. The Kier molecular flexibility index (Phi) is 3.69. The van der Waals surface area contributed by atoms with Crippen molar-refractivity contribution in [2.24, 2.45) is 0 Å². The fourth-order valence-corrected chi connectivity index (χ4v) is 3.40. The molecule has 2 aromatic rings. The fourth-order valence-electron chi connectivity index (χ4n) is 1.24. The number of nitro groups is 1. The van der Waals surface area contributed by atoms with Crippen molar-refractivity contribution >= 4 is 44.5 Å². The number of pyridine rings is 1. The van der Waals surface area contributed by atoms with E-state index in [1.165, 1.54) is 12.1 Å². The molecule has 0 aliphatic rings. The summed E-state index contributed by atoms with van der Waals surface area (Å²) in [6, 6.07) is 5.23. The van der Waals surface area contributed by atoms with Crippen LogP contribution < -0.4 is 4.72 Å². The van der Waals surface area contributed by atoms with Crippen molar-refractivity contribution in [2.75, 3.05) is 4.72 Å². The number of sulfonamides is 1. The van der Waals surface area contributed by atoms with Crippen LogP contribution in [0.5, 0.6) is 0 Å². The van der Waals surface area contributed by atoms with Crippen molar-refractivity contribution in [3.63, 3.8) is 0 Å². The molecule has 0 bridgehead atoms. The molecule has 7 nitrogen and oxygen atoms in total. The number of nitrogens with one attached hydrogen (secondary N) is 1. The lowest BCUT2D eigenvalue weighted by atomic mass is 10.4. The van der Waals surface area contributed by atoms with Crippen molar-refractivity contribution in [1.29, 1.82) is 0 Å². The van der Waals surface area contributed by atoms with Crippen LogP contribution in [0.15, 0.2) is 33.9 Å². The fraction of sp³-hybridized carbons (Fsp3) is 0. The van der Waals surface area contributed by atoms with Crippen molar-refractivity contribution in [1.82, 2.24) is 4.98 Å². The molecule has 0 amide bonds. The molecule has 0 saturated heterocycles. The minimum atomic E-state index is -3.90. The third-order valence-corrected chi connectivity index (χ3v) is 4.97. The van der Waals surface area contributed by atoms with E-state index in [-0.39, 0.29) is 9.36 Å². The standard InChI is InChI=1S/C9H6ClN3O4S2/c10-7-4-3-6(13(14)15)9(11-7)12-19(16,17)8-2-1-5-18-8/h1-5H,(H,11,12). The number of nitrogens with zero attached hydrogens (tertiary/aromatic N) is 2. The second-order valence-electron chi connectivity index (χ2n) is 3.30. The van der Waals surface area contributed by atoms with Crippen LogP contribution >= 0.6 is 22.9 Å². The molecule has 0 saturated carbocycles. The summed E-state index contributed by atoms with van der Waals surface area (Å²) in [7, 11) is -3.90. The van der Waals surface area contributed by atoms with E-state index in [1.54, 1.807) is 11.4 Å². The van der Waals surface area contributed by atoms with Gasteiger partial charge in [-0.05, 0) is 17.5 Å². The van der Waals surface area contributed by atoms with Crippen LogP contribution in [-0.4, -0.2) is 18.3 Å². The lowest BCUT2D eigenvalue weighted by Gasteiger charge is -2.06. The van der Waals surface area contributed by atoms with Crippen LogP contribution in [0.25, 0.3) is 0 Å². The van der Waals surface area contributed by atoms with E-state index < -0.39 is 26.5 Å². The quantitative estimate of drug-likeness (QED) is 0.530. The molecule has 1 N–H and O–H groups in total. The zero-order chi connectivity index (χ0) is 14.0. The Hall–Kier alpha value is -1.71. The molecule has 0 aliphatic carbocycles. The summed E-state index contributed by atoms with van der Waals surface area (Å²) in [5.41, 5.74) is -0.468. The summed E-state index contributed by atoms with van der Waals surface area (Å²) in [4.78, 5) is 13.7. The molecular weight excluding hydrogens is 314 g/mol. The van der Waals surface area contributed by atoms with Gasteiger partial charge in [0.25, 0.3) is 10.0 Å². The summed E-state index contributed by atoms with van der Waals surface area (Å²) in [6.45, 7) is 0. The number of thiophene rings is 1. The largest absolute Gasteiger partial charge is 0.312 e. The Morgan fingerprint density at radius 2 is 2.11 bits per heavy atom. The van der Waals surface area contributed by atoms with E-state index in [0.717, 1.165) is 17.4 Å². The third-order valence-electron chi connectivity index (χ3n) is 2.03. The molecule has 0 radical (unpaired) electrons. The van der Waals surface area contributed by atoms with Gasteiger partial charge < -0.3 is 0 Å². The molecule has 0 unspecified atom stereocenters. The molecule has 2 aromatic heterocycles. The van der Waals surface area contributed by atoms with Gasteiger partial charge >= 0.3 is 5.69 Å². The first-order chi connectivity index (χ1) is 8.90. The van der Waals surface area contributed by atoms with Crippen LogP contribution in [0.3, 0.4) is 0 Å². The Morgan fingerprint density at radius 3 is 2.68 bits per heavy atom. The lowest BCUT2D eigenvalue weighted by Crippen LogP contribution is -2.14. The van der Waals surface area contributed by atoms with E-state index in [0.29, 0.717) is 0 Å². The van der Waals surface area contributed by atoms with Crippen molar-refractivity contribution in [3.8, 4) is 0 Å². The predicted octanol–water partition coefficient (Wildman–Crippen LogP) is 2.51. The highest BCUT2D eigenvalue weighted by Gasteiger charge is 2.23. The molecule has 0 aromatic carbocycles. The van der Waals surface area contributed by atoms with Gasteiger partial charge in [0.15, 0.2) is 0 Å². The van der Waals surface area contributed by atoms with Gasteiger partial charge in [0.1, 0.15) is 9.36 Å². The molecule has 0 aliphatic heterocycles. The van der Waals surface area contributed by atoms with E-state index in [9.17, 15) is 18.5 Å². The molecular formula is C9H6ClN3O4S2. The van der Waals surface area contributed by atoms with Crippen LogP contribution in [0.2, 0.25) is 5.15 Å². The average Bonchev–Trinajstić information content (AvgIpc) is 2.81. The number of rotatable bonds is 4. The lowest BCUT2D eigenvalue weighted by molar-refractivity contribution is -0.384. The van der Waals surface area contributed by atoms with Crippen molar-refractivity contribution in [3.05, 3.63) is 44.9 Å². The number of hydrogen-bond donors (Lipinski definition) is 1. The zero-order valence-corrected chi connectivity index (χ0v) is 11.5. The topological polar surface area (TPSA) is 102 Å². The zero-order valence-electron chi connectivity index (χ0n) is 9.11. The van der Waals surface area contributed by atoms with Gasteiger partial charge in [-0.3, -0.25) is 14.8 Å². The molecule has 2 rings (SSSR count). The van der Waals surface area contributed by atoms with Crippen LogP contribution in [0, 0.1) is 10.1 Å². The Labute approximate surface area is 117 Å². The summed E-state index contributed by atoms with van der Waals surface area (Å²) in [6.07, 6.45) is 0. The van der Waals surface area contributed by atoms with Gasteiger partial charge in [-0.2, -0.15) is 0 Å². The maximum Gasteiger partial charge on any atom is 0.312 e. The number of hydrogen-bond acceptors (Lipinski definition) is 6. The van der Waals surface area contributed by atoms with Crippen LogP contribution in [-0.2, 0) is 10.0 Å². The molecule has 0 spiro atoms. The first-order valence-corrected chi connectivity index (χ1v) is 7.51. The average molecular weight is 320 g/mol. The minimum absolute atomic E-state index is 0.0311. The molecule has 19 heavy (non-hydrogen) atoms. The van der Waals surface area contributed by atoms with Crippen LogP contribution in [0.1, 0.15) is 0 Å². The van der Waals surface area contributed by atoms with E-state index in [2.05, 4.69) is 9.71 Å². The van der Waals surface area contributed by atoms with Gasteiger partial charge in [0.2, 0.25) is 5.82 Å². The summed E-state index contributed by atoms with van der Waals surface area (Å²) in [5, 5.41) is 12.3. The van der Waals surface area contributed by atoms with Gasteiger partial charge in [-0.15, -0.1) is 11.3 Å². The minimum Gasteiger partial charge on any atom is -0.258 e. The number of aromatic nitrogens is 1. The summed E-state index contributed by atoms with van der Waals surface area (Å²) in [5.74, 6) is -0.411. The predicted molar refractivity (Wildman–Crippen MR) is 71.0 cm³/mol. The normalized spacial score (nSPS) is 11.2. The second-order valence-corrected chi connectivity index (χ2v) is 6.54. The molecule has 2 heterocycles. The molecule has 100 valence electrons. The Balaban J connectivity index is 2.44. The van der Waals surface area contributed by atoms with Gasteiger partial charge in [0.05, 0.1) is 4.92 Å². The smallest absolute Gasteiger partial charge is 0.258 e. The highest BCUT2D eigenvalue weighted by molar-refractivity contribution is 7.94. The summed E-state index contributed by atoms with van der Waals surface area (Å²) >= 11 is 6.60. The van der Waals surface area contributed by atoms with E-state index in [4.69, 9.17) is 11.6 Å². The maximum atomic E-state index is 11.9. The highest BCUT2D eigenvalue weighted by atomic mass is 35.5. The van der Waals surface area contributed by atoms with Crippen molar-refractivity contribution in [2.45, 2.75) is 4.21 Å². The molecule has 10 heteroatoms. The SMILES string of the molecule is O=[N+]([O-])c1ccc(Cl)nc1NS(=O)(=O)c1cccs1. The van der Waals surface area contributed by atoms with Crippen LogP contribution in [0.4, 0.5) is 11.5 Å². The second kappa shape index (κ2) is 5.11. The third kappa shape index (κ3) is 3.00. The summed E-state index contributed by atoms with van der Waals surface area (Å²) < 4.78 is 26.0. The first kappa shape index (κ1) is 13.7. The van der Waals surface area contributed by atoms with E-state index >= 15 is 0 Å². The van der Waals surface area contributed by atoms with Gasteiger partial charge in [-0.25, -0.2) is 13.4 Å². The maximum absolute atomic E-state index is 11.9. The van der Waals surface area contributed by atoms with Crippen molar-refractivity contribution < 1.29 is 13.3 Å². The first-order valence-electron chi connectivity index (χ1n) is 4.77. The molecule has 0 atom stereocenters. The van der Waals surface area contributed by atoms with Gasteiger partial charge in [-0.1, -0.05) is 17.7 Å². The monoisotopic (exact) mass is 319 g/mol. The highest BCUT2D eigenvalue weighted by Crippen LogP contribution is 2.27. The number of anilines is 1.